The maximum absolute atomic E-state index is 12.7. The minimum absolute atomic E-state index is 0.273. The van der Waals surface area contributed by atoms with Gasteiger partial charge in [-0.3, -0.25) is 4.79 Å². The monoisotopic (exact) mass is 444 g/mol. The normalized spacial score (nSPS) is 17.5. The lowest BCUT2D eigenvalue weighted by atomic mass is 9.87. The van der Waals surface area contributed by atoms with Gasteiger partial charge in [0.25, 0.3) is 0 Å². The number of carbonyl (C=O) groups excluding carboxylic acids is 1. The van der Waals surface area contributed by atoms with Crippen molar-refractivity contribution in [3.8, 4) is 0 Å². The van der Waals surface area contributed by atoms with Crippen LogP contribution in [0.25, 0.3) is 0 Å². The van der Waals surface area contributed by atoms with Crippen molar-refractivity contribution in [2.75, 3.05) is 0 Å². The highest BCUT2D eigenvalue weighted by Crippen LogP contribution is 2.34. The van der Waals surface area contributed by atoms with Crippen LogP contribution in [0.1, 0.15) is 41.8 Å². The van der Waals surface area contributed by atoms with Crippen LogP contribution in [0.15, 0.2) is 35.8 Å². The molecule has 3 N–H and O–H groups in total. The molecule has 0 fully saturated rings. The number of nitrogens with one attached hydrogen (secondary N) is 1. The van der Waals surface area contributed by atoms with Gasteiger partial charge in [-0.2, -0.15) is 13.2 Å². The molecule has 1 amide bonds. The second kappa shape index (κ2) is 9.24. The summed E-state index contributed by atoms with van der Waals surface area (Å²) in [6, 6.07) is 8.77. The minimum atomic E-state index is -5.08. The van der Waals surface area contributed by atoms with Crippen LogP contribution in [0, 0.1) is 0 Å². The van der Waals surface area contributed by atoms with Gasteiger partial charge < -0.3 is 15.5 Å². The van der Waals surface area contributed by atoms with E-state index in [1.807, 2.05) is 6.07 Å². The molecule has 1 aliphatic carbocycles. The number of rotatable bonds is 4. The van der Waals surface area contributed by atoms with E-state index in [2.05, 4.69) is 10.3 Å². The van der Waals surface area contributed by atoms with Crippen LogP contribution in [-0.2, 0) is 26.3 Å². The van der Waals surface area contributed by atoms with E-state index in [9.17, 15) is 27.9 Å². The number of amides is 1. The van der Waals surface area contributed by atoms with Crippen molar-refractivity contribution in [2.24, 2.45) is 0 Å². The first kappa shape index (κ1) is 23.3. The molecule has 0 radical (unpaired) electrons. The number of fused-ring (bicyclic) bond motifs is 1. The number of hydrogen-bond donors (Lipinski definition) is 3. The number of aromatic nitrogens is 1. The highest BCUT2D eigenvalue weighted by Gasteiger charge is 2.40. The molecule has 162 valence electrons. The molecule has 1 aromatic carbocycles. The van der Waals surface area contributed by atoms with E-state index in [0.717, 1.165) is 23.4 Å². The van der Waals surface area contributed by atoms with Crippen molar-refractivity contribution >= 4 is 29.2 Å². The Morgan fingerprint density at radius 1 is 1.13 bits per heavy atom. The van der Waals surface area contributed by atoms with Crippen molar-refractivity contribution in [2.45, 2.75) is 43.8 Å². The first-order valence-electron chi connectivity index (χ1n) is 8.80. The van der Waals surface area contributed by atoms with E-state index in [4.69, 9.17) is 9.90 Å². The molecule has 0 saturated heterocycles. The Kier molecular flexibility index (Phi) is 7.19. The third-order valence-electron chi connectivity index (χ3n) is 4.61. The molecular weight excluding hydrogens is 425 g/mol. The van der Waals surface area contributed by atoms with Gasteiger partial charge in [0.2, 0.25) is 5.91 Å². The fourth-order valence-electron chi connectivity index (χ4n) is 2.96. The Morgan fingerprint density at radius 3 is 2.27 bits per heavy atom. The van der Waals surface area contributed by atoms with Gasteiger partial charge in [-0.15, -0.1) is 11.3 Å². The maximum Gasteiger partial charge on any atom is 0.490 e. The predicted octanol–water partition coefficient (Wildman–Crippen LogP) is 3.31. The van der Waals surface area contributed by atoms with E-state index in [0.29, 0.717) is 12.0 Å². The molecule has 0 saturated carbocycles. The molecule has 1 heterocycles. The summed E-state index contributed by atoms with van der Waals surface area (Å²) in [7, 11) is 0. The lowest BCUT2D eigenvalue weighted by Gasteiger charge is -2.30. The van der Waals surface area contributed by atoms with E-state index in [1.54, 1.807) is 41.1 Å². The number of carboxylic acids is 2. The van der Waals surface area contributed by atoms with Crippen LogP contribution in [0.3, 0.4) is 0 Å². The Morgan fingerprint density at radius 2 is 1.73 bits per heavy atom. The number of carboxylic acid groups (broad SMARTS) is 2. The number of carbonyl (C=O) groups is 3. The largest absolute Gasteiger partial charge is 0.490 e. The Hall–Kier alpha value is -2.95. The fraction of sp³-hybridized carbons (Fsp3) is 0.368. The minimum Gasteiger partial charge on any atom is -0.479 e. The van der Waals surface area contributed by atoms with Gasteiger partial charge in [0.05, 0.1) is 17.1 Å². The summed E-state index contributed by atoms with van der Waals surface area (Å²) in [5, 5.41) is 19.5. The number of nitrogens with zero attached hydrogens (tertiary/aromatic N) is 1. The molecule has 0 spiro atoms. The summed E-state index contributed by atoms with van der Waals surface area (Å²) in [6.45, 7) is 1.52. The third kappa shape index (κ3) is 5.35. The van der Waals surface area contributed by atoms with Crippen LogP contribution < -0.4 is 5.32 Å². The van der Waals surface area contributed by atoms with Crippen LogP contribution in [0.5, 0.6) is 0 Å². The molecular formula is C19H19F3N2O5S. The van der Waals surface area contributed by atoms with Crippen molar-refractivity contribution in [1.29, 1.82) is 0 Å². The number of benzene rings is 1. The summed E-state index contributed by atoms with van der Waals surface area (Å²) < 4.78 is 31.7. The Balaban J connectivity index is 0.000000396. The molecule has 30 heavy (non-hydrogen) atoms. The van der Waals surface area contributed by atoms with Crippen LogP contribution in [0.2, 0.25) is 0 Å². The molecule has 7 nitrogen and oxygen atoms in total. The van der Waals surface area contributed by atoms with Gasteiger partial charge >= 0.3 is 18.1 Å². The lowest BCUT2D eigenvalue weighted by molar-refractivity contribution is -0.192. The van der Waals surface area contributed by atoms with Gasteiger partial charge in [0, 0.05) is 4.88 Å². The molecule has 0 aliphatic heterocycles. The second-order valence-corrected chi connectivity index (χ2v) is 7.63. The van der Waals surface area contributed by atoms with E-state index >= 15 is 0 Å². The summed E-state index contributed by atoms with van der Waals surface area (Å²) in [6.07, 6.45) is -2.52. The topological polar surface area (TPSA) is 117 Å². The van der Waals surface area contributed by atoms with Gasteiger partial charge in [-0.05, 0) is 31.7 Å². The number of alkyl halides is 3. The highest BCUT2D eigenvalue weighted by molar-refractivity contribution is 7.09. The van der Waals surface area contributed by atoms with Crippen molar-refractivity contribution in [3.05, 3.63) is 52.0 Å². The van der Waals surface area contributed by atoms with E-state index < -0.39 is 23.7 Å². The van der Waals surface area contributed by atoms with Crippen molar-refractivity contribution < 1.29 is 37.8 Å². The molecule has 1 aliphatic rings. The quantitative estimate of drug-likeness (QED) is 0.666. The van der Waals surface area contributed by atoms with Crippen molar-refractivity contribution in [1.82, 2.24) is 10.3 Å². The van der Waals surface area contributed by atoms with Crippen LogP contribution >= 0.6 is 11.3 Å². The van der Waals surface area contributed by atoms with Gasteiger partial charge in [0.1, 0.15) is 0 Å². The SMILES string of the molecule is CC(NC(=O)C1CCCc2scnc21)(C(=O)O)c1ccccc1.O=C(O)C(F)(F)F. The number of aliphatic carboxylic acids is 2. The van der Waals surface area contributed by atoms with Gasteiger partial charge in [-0.1, -0.05) is 30.3 Å². The highest BCUT2D eigenvalue weighted by atomic mass is 32.1. The summed E-state index contributed by atoms with van der Waals surface area (Å²) in [5.74, 6) is -4.48. The Labute approximate surface area is 173 Å². The van der Waals surface area contributed by atoms with E-state index in [-0.39, 0.29) is 11.8 Å². The molecule has 3 rings (SSSR count). The van der Waals surface area contributed by atoms with Crippen molar-refractivity contribution in [3.63, 3.8) is 0 Å². The summed E-state index contributed by atoms with van der Waals surface area (Å²) >= 11 is 1.56. The smallest absolute Gasteiger partial charge is 0.479 e. The first-order chi connectivity index (χ1) is 14.0. The standard InChI is InChI=1S/C17H18N2O3S.C2HF3O2/c1-17(16(21)22,11-6-3-2-4-7-11)19-15(20)12-8-5-9-13-14(12)18-10-23-13;3-2(4,5)1(6)7/h2-4,6-7,10,12H,5,8-9H2,1H3,(H,19,20)(H,21,22);(H,6,7). The van der Waals surface area contributed by atoms with E-state index in [1.165, 1.54) is 6.92 Å². The number of halogens is 3. The second-order valence-electron chi connectivity index (χ2n) is 6.69. The molecule has 11 heteroatoms. The van der Waals surface area contributed by atoms with Crippen LogP contribution in [-0.4, -0.2) is 39.2 Å². The zero-order valence-corrected chi connectivity index (χ0v) is 16.6. The number of hydrogen-bond acceptors (Lipinski definition) is 5. The fourth-order valence-corrected chi connectivity index (χ4v) is 3.83. The number of aryl methyl sites for hydroxylation is 1. The van der Waals surface area contributed by atoms with Gasteiger partial charge in [-0.25, -0.2) is 14.6 Å². The number of thiazole rings is 1. The first-order valence-corrected chi connectivity index (χ1v) is 9.68. The van der Waals surface area contributed by atoms with Crippen LogP contribution in [0.4, 0.5) is 13.2 Å². The molecule has 2 atom stereocenters. The third-order valence-corrected chi connectivity index (χ3v) is 5.52. The molecule has 1 aromatic heterocycles. The average molecular weight is 444 g/mol. The molecule has 2 unspecified atom stereocenters. The zero-order valence-electron chi connectivity index (χ0n) is 15.8. The maximum atomic E-state index is 12.7. The zero-order chi connectivity index (χ0) is 22.5. The lowest BCUT2D eigenvalue weighted by Crippen LogP contribution is -2.51. The van der Waals surface area contributed by atoms with Gasteiger partial charge in [0.15, 0.2) is 5.54 Å². The average Bonchev–Trinajstić information content (AvgIpc) is 3.17. The predicted molar refractivity (Wildman–Crippen MR) is 101 cm³/mol. The molecule has 0 bridgehead atoms. The summed E-state index contributed by atoms with van der Waals surface area (Å²) in [4.78, 5) is 38.9. The Bertz CT molecular complexity index is 916. The molecule has 2 aromatic rings. The summed E-state index contributed by atoms with van der Waals surface area (Å²) in [5.41, 5.74) is 1.66.